The van der Waals surface area contributed by atoms with Gasteiger partial charge >= 0.3 is 0 Å². The molecule has 15 heavy (non-hydrogen) atoms. The van der Waals surface area contributed by atoms with Gasteiger partial charge in [-0.15, -0.1) is 0 Å². The molecule has 0 aliphatic carbocycles. The van der Waals surface area contributed by atoms with Crippen LogP contribution in [0.15, 0.2) is 0 Å². The molecule has 3 N–H and O–H groups in total. The van der Waals surface area contributed by atoms with Crippen molar-refractivity contribution >= 4 is 0 Å². The number of hydrogen-bond donors (Lipinski definition) is 2. The number of rotatable bonds is 9. The Hall–Kier alpha value is -0.120. The van der Waals surface area contributed by atoms with Gasteiger partial charge in [-0.2, -0.15) is 0 Å². The highest BCUT2D eigenvalue weighted by Crippen LogP contribution is 2.13. The molecule has 92 valence electrons. The molecule has 2 atom stereocenters. The van der Waals surface area contributed by atoms with E-state index in [2.05, 4.69) is 26.1 Å². The molecule has 0 saturated carbocycles. The second kappa shape index (κ2) is 8.08. The maximum atomic E-state index is 5.81. The Bertz CT molecular complexity index is 153. The summed E-state index contributed by atoms with van der Waals surface area (Å²) >= 11 is 0. The first-order valence-electron chi connectivity index (χ1n) is 6.06. The lowest BCUT2D eigenvalue weighted by molar-refractivity contribution is 0.107. The predicted octanol–water partition coefficient (Wildman–Crippen LogP) is 1.91. The van der Waals surface area contributed by atoms with Crippen molar-refractivity contribution in [2.75, 3.05) is 20.2 Å². The van der Waals surface area contributed by atoms with Crippen LogP contribution >= 0.6 is 0 Å². The van der Waals surface area contributed by atoms with Crippen molar-refractivity contribution in [1.82, 2.24) is 5.32 Å². The monoisotopic (exact) mass is 216 g/mol. The van der Waals surface area contributed by atoms with Crippen LogP contribution in [0.25, 0.3) is 0 Å². The molecule has 0 aromatic carbocycles. The van der Waals surface area contributed by atoms with Crippen LogP contribution in [0.3, 0.4) is 0 Å². The highest BCUT2D eigenvalue weighted by atomic mass is 16.5. The molecule has 0 aromatic heterocycles. The zero-order chi connectivity index (χ0) is 11.7. The van der Waals surface area contributed by atoms with E-state index in [1.807, 2.05) is 0 Å². The molecule has 0 aromatic rings. The Kier molecular flexibility index (Phi) is 8.02. The molecule has 3 heteroatoms. The van der Waals surface area contributed by atoms with Gasteiger partial charge in [-0.05, 0) is 20.3 Å². The van der Waals surface area contributed by atoms with Crippen LogP contribution < -0.4 is 11.1 Å². The highest BCUT2D eigenvalue weighted by molar-refractivity contribution is 4.84. The second-order valence-corrected chi connectivity index (χ2v) is 4.65. The second-order valence-electron chi connectivity index (χ2n) is 4.65. The van der Waals surface area contributed by atoms with Crippen LogP contribution in [0.1, 0.15) is 46.5 Å². The van der Waals surface area contributed by atoms with Crippen molar-refractivity contribution in [3.05, 3.63) is 0 Å². The molecule has 2 unspecified atom stereocenters. The van der Waals surface area contributed by atoms with E-state index in [1.165, 1.54) is 19.3 Å². The third-order valence-electron chi connectivity index (χ3n) is 3.00. The molecule has 0 aliphatic heterocycles. The minimum atomic E-state index is 0.0714. The summed E-state index contributed by atoms with van der Waals surface area (Å²) in [6.45, 7) is 8.05. The molecule has 0 saturated heterocycles. The van der Waals surface area contributed by atoms with Gasteiger partial charge in [0.15, 0.2) is 0 Å². The van der Waals surface area contributed by atoms with Gasteiger partial charge in [0.05, 0.1) is 6.10 Å². The first kappa shape index (κ1) is 14.9. The van der Waals surface area contributed by atoms with Crippen LogP contribution in [0.5, 0.6) is 0 Å². The van der Waals surface area contributed by atoms with Crippen LogP contribution in [0.4, 0.5) is 0 Å². The van der Waals surface area contributed by atoms with Crippen molar-refractivity contribution in [2.45, 2.75) is 58.1 Å². The Balaban J connectivity index is 3.84. The normalized spacial score (nSPS) is 17.4. The highest BCUT2D eigenvalue weighted by Gasteiger charge is 2.21. The number of methoxy groups -OCH3 is 1. The first-order valence-corrected chi connectivity index (χ1v) is 6.06. The lowest BCUT2D eigenvalue weighted by atomic mass is 9.94. The summed E-state index contributed by atoms with van der Waals surface area (Å²) in [5, 5.41) is 3.51. The van der Waals surface area contributed by atoms with E-state index >= 15 is 0 Å². The predicted molar refractivity (Wildman–Crippen MR) is 66.1 cm³/mol. The number of ether oxygens (including phenoxy) is 1. The van der Waals surface area contributed by atoms with Crippen LogP contribution in [0.2, 0.25) is 0 Å². The van der Waals surface area contributed by atoms with Gasteiger partial charge in [-0.3, -0.25) is 0 Å². The van der Waals surface area contributed by atoms with Gasteiger partial charge in [0, 0.05) is 25.7 Å². The van der Waals surface area contributed by atoms with Gasteiger partial charge < -0.3 is 15.8 Å². The van der Waals surface area contributed by atoms with E-state index in [-0.39, 0.29) is 11.6 Å². The van der Waals surface area contributed by atoms with Crippen molar-refractivity contribution in [1.29, 1.82) is 0 Å². The average molecular weight is 216 g/mol. The minimum absolute atomic E-state index is 0.0714. The summed E-state index contributed by atoms with van der Waals surface area (Å²) in [6, 6.07) is 0. The zero-order valence-electron chi connectivity index (χ0n) is 10.8. The van der Waals surface area contributed by atoms with Crippen molar-refractivity contribution in [2.24, 2.45) is 5.73 Å². The average Bonchev–Trinajstić information content (AvgIpc) is 2.26. The summed E-state index contributed by atoms with van der Waals surface area (Å²) in [5.74, 6) is 0. The number of nitrogens with one attached hydrogen (secondary N) is 1. The van der Waals surface area contributed by atoms with Gasteiger partial charge in [-0.25, -0.2) is 0 Å². The Morgan fingerprint density at radius 1 is 1.40 bits per heavy atom. The molecule has 0 amide bonds. The third kappa shape index (κ3) is 6.88. The molecular formula is C12H28N2O. The minimum Gasteiger partial charge on any atom is -0.380 e. The molecule has 0 aliphatic rings. The van der Waals surface area contributed by atoms with Gasteiger partial charge in [-0.1, -0.05) is 26.2 Å². The number of hydrogen-bond acceptors (Lipinski definition) is 3. The van der Waals surface area contributed by atoms with E-state index < -0.39 is 0 Å². The first-order chi connectivity index (χ1) is 7.08. The van der Waals surface area contributed by atoms with Gasteiger partial charge in [0.25, 0.3) is 0 Å². The van der Waals surface area contributed by atoms with Gasteiger partial charge in [0.1, 0.15) is 0 Å². The van der Waals surface area contributed by atoms with E-state index in [0.29, 0.717) is 6.54 Å². The van der Waals surface area contributed by atoms with Crippen molar-refractivity contribution < 1.29 is 4.74 Å². The molecule has 3 nitrogen and oxygen atoms in total. The molecule has 0 heterocycles. The SMILES string of the molecule is CCCCCC(C)(CN)NCC(C)OC. The molecular weight excluding hydrogens is 188 g/mol. The van der Waals surface area contributed by atoms with Crippen molar-refractivity contribution in [3.8, 4) is 0 Å². The van der Waals surface area contributed by atoms with E-state index in [9.17, 15) is 0 Å². The quantitative estimate of drug-likeness (QED) is 0.579. The Morgan fingerprint density at radius 3 is 2.53 bits per heavy atom. The summed E-state index contributed by atoms with van der Waals surface area (Å²) < 4.78 is 5.21. The topological polar surface area (TPSA) is 47.3 Å². The summed E-state index contributed by atoms with van der Waals surface area (Å²) in [5.41, 5.74) is 5.89. The Labute approximate surface area is 94.8 Å². The fourth-order valence-corrected chi connectivity index (χ4v) is 1.50. The van der Waals surface area contributed by atoms with Crippen molar-refractivity contribution in [3.63, 3.8) is 0 Å². The standard InChI is InChI=1S/C12H28N2O/c1-5-6-7-8-12(3,10-13)14-9-11(2)15-4/h11,14H,5-10,13H2,1-4H3. The van der Waals surface area contributed by atoms with E-state index in [1.54, 1.807) is 7.11 Å². The lowest BCUT2D eigenvalue weighted by Gasteiger charge is -2.31. The molecule has 0 bridgehead atoms. The third-order valence-corrected chi connectivity index (χ3v) is 3.00. The van der Waals surface area contributed by atoms with Crippen LogP contribution in [-0.4, -0.2) is 31.8 Å². The molecule has 0 rings (SSSR count). The largest absolute Gasteiger partial charge is 0.380 e. The number of unbranched alkanes of at least 4 members (excludes halogenated alkanes) is 2. The van der Waals surface area contributed by atoms with Crippen LogP contribution in [-0.2, 0) is 4.74 Å². The lowest BCUT2D eigenvalue weighted by Crippen LogP contribution is -2.50. The summed E-state index contributed by atoms with van der Waals surface area (Å²) in [7, 11) is 1.74. The summed E-state index contributed by atoms with van der Waals surface area (Å²) in [6.07, 6.45) is 5.19. The smallest absolute Gasteiger partial charge is 0.0667 e. The molecule has 0 fully saturated rings. The molecule has 0 radical (unpaired) electrons. The van der Waals surface area contributed by atoms with Gasteiger partial charge in [0.2, 0.25) is 0 Å². The Morgan fingerprint density at radius 2 is 2.07 bits per heavy atom. The zero-order valence-corrected chi connectivity index (χ0v) is 10.8. The molecule has 0 spiro atoms. The van der Waals surface area contributed by atoms with E-state index in [0.717, 1.165) is 13.0 Å². The van der Waals surface area contributed by atoms with Crippen LogP contribution in [0, 0.1) is 0 Å². The van der Waals surface area contributed by atoms with E-state index in [4.69, 9.17) is 10.5 Å². The number of nitrogens with two attached hydrogens (primary N) is 1. The maximum Gasteiger partial charge on any atom is 0.0667 e. The fourth-order valence-electron chi connectivity index (χ4n) is 1.50. The fraction of sp³-hybridized carbons (Fsp3) is 1.00. The summed E-state index contributed by atoms with van der Waals surface area (Å²) in [4.78, 5) is 0. The maximum absolute atomic E-state index is 5.81.